The maximum atomic E-state index is 11.5. The first kappa shape index (κ1) is 11.8. The lowest BCUT2D eigenvalue weighted by Gasteiger charge is -2.00. The third-order valence-corrected chi connectivity index (χ3v) is 2.31. The summed E-state index contributed by atoms with van der Waals surface area (Å²) in [6.07, 6.45) is 0.348. The lowest BCUT2D eigenvalue weighted by molar-refractivity contribution is -0.384. The summed E-state index contributed by atoms with van der Waals surface area (Å²) in [7, 11) is 0. The molecule has 0 spiro atoms. The van der Waals surface area contributed by atoms with E-state index in [0.717, 1.165) is 5.56 Å². The zero-order valence-electron chi connectivity index (χ0n) is 8.20. The molecule has 0 radical (unpaired) electrons. The number of carbonyl (C=O) groups is 1. The van der Waals surface area contributed by atoms with Crippen molar-refractivity contribution in [3.63, 3.8) is 0 Å². The summed E-state index contributed by atoms with van der Waals surface area (Å²) in [4.78, 5) is 21.6. The van der Waals surface area contributed by atoms with Gasteiger partial charge in [0.15, 0.2) is 5.78 Å². The third kappa shape index (κ3) is 3.13. The molecule has 0 N–H and O–H groups in total. The summed E-state index contributed by atoms with van der Waals surface area (Å²) in [6, 6.07) is 4.43. The lowest BCUT2D eigenvalue weighted by atomic mass is 10.1. The molecule has 0 unspecified atom stereocenters. The summed E-state index contributed by atoms with van der Waals surface area (Å²) in [6.45, 7) is 1.73. The number of aryl methyl sites for hydroxylation is 1. The lowest BCUT2D eigenvalue weighted by Crippen LogP contribution is -2.01. The van der Waals surface area contributed by atoms with Crippen molar-refractivity contribution >= 4 is 27.4 Å². The van der Waals surface area contributed by atoms with Gasteiger partial charge in [-0.25, -0.2) is 0 Å². The summed E-state index contributed by atoms with van der Waals surface area (Å²) in [5, 5.41) is 11.1. The van der Waals surface area contributed by atoms with Crippen molar-refractivity contribution in [3.8, 4) is 0 Å². The fraction of sp³-hybridized carbons (Fsp3) is 0.300. The van der Waals surface area contributed by atoms with Gasteiger partial charge in [-0.2, -0.15) is 0 Å². The van der Waals surface area contributed by atoms with Crippen molar-refractivity contribution in [3.05, 3.63) is 39.4 Å². The molecule has 0 aliphatic carbocycles. The van der Waals surface area contributed by atoms with Crippen LogP contribution in [-0.2, 0) is 0 Å². The molecular weight excluding hydrogens is 262 g/mol. The van der Waals surface area contributed by atoms with Crippen LogP contribution in [0.4, 0.5) is 5.69 Å². The highest BCUT2D eigenvalue weighted by Crippen LogP contribution is 2.18. The number of carbonyl (C=O) groups excluding carboxylic acids is 1. The van der Waals surface area contributed by atoms with Crippen LogP contribution < -0.4 is 0 Å². The summed E-state index contributed by atoms with van der Waals surface area (Å²) in [5.74, 6) is -0.0846. The number of benzene rings is 1. The molecule has 0 aliphatic heterocycles. The number of non-ortho nitro benzene ring substituents is 1. The Kier molecular flexibility index (Phi) is 3.96. The second-order valence-electron chi connectivity index (χ2n) is 3.18. The molecule has 5 heteroatoms. The van der Waals surface area contributed by atoms with E-state index in [1.165, 1.54) is 12.1 Å². The van der Waals surface area contributed by atoms with Crippen LogP contribution in [0.25, 0.3) is 0 Å². The first-order chi connectivity index (χ1) is 7.04. The normalized spacial score (nSPS) is 10.0. The minimum absolute atomic E-state index is 0.0343. The monoisotopic (exact) mass is 271 g/mol. The molecule has 1 aromatic carbocycles. The average Bonchev–Trinajstić information content (AvgIpc) is 2.17. The van der Waals surface area contributed by atoms with Crippen LogP contribution in [0.15, 0.2) is 18.2 Å². The molecule has 0 aromatic heterocycles. The highest BCUT2D eigenvalue weighted by atomic mass is 79.9. The number of halogens is 1. The number of nitro benzene ring substituents is 1. The van der Waals surface area contributed by atoms with Gasteiger partial charge in [-0.15, -0.1) is 0 Å². The van der Waals surface area contributed by atoms with Crippen LogP contribution in [-0.4, -0.2) is 16.0 Å². The molecule has 4 nitrogen and oxygen atoms in total. The Hall–Kier alpha value is -1.23. The Bertz CT molecular complexity index is 404. The predicted molar refractivity (Wildman–Crippen MR) is 60.6 cm³/mol. The van der Waals surface area contributed by atoms with Crippen molar-refractivity contribution in [2.24, 2.45) is 0 Å². The van der Waals surface area contributed by atoms with Crippen LogP contribution in [0.5, 0.6) is 0 Å². The van der Waals surface area contributed by atoms with Gasteiger partial charge in [0.2, 0.25) is 0 Å². The van der Waals surface area contributed by atoms with Gasteiger partial charge >= 0.3 is 0 Å². The molecular formula is C10H10BrNO3. The van der Waals surface area contributed by atoms with E-state index >= 15 is 0 Å². The van der Waals surface area contributed by atoms with Gasteiger partial charge in [0, 0.05) is 29.4 Å². The molecule has 0 heterocycles. The molecule has 1 rings (SSSR count). The SMILES string of the molecule is Cc1cc(C(=O)CCBr)cc([N+](=O)[O-])c1. The quantitative estimate of drug-likeness (QED) is 0.366. The van der Waals surface area contributed by atoms with Crippen molar-refractivity contribution in [1.29, 1.82) is 0 Å². The van der Waals surface area contributed by atoms with E-state index in [0.29, 0.717) is 17.3 Å². The molecule has 0 atom stereocenters. The van der Waals surface area contributed by atoms with Crippen LogP contribution in [0.3, 0.4) is 0 Å². The number of hydrogen-bond donors (Lipinski definition) is 0. The zero-order chi connectivity index (χ0) is 11.4. The molecule has 80 valence electrons. The Morgan fingerprint density at radius 1 is 1.47 bits per heavy atom. The first-order valence-corrected chi connectivity index (χ1v) is 5.52. The number of rotatable bonds is 4. The van der Waals surface area contributed by atoms with E-state index in [2.05, 4.69) is 15.9 Å². The van der Waals surface area contributed by atoms with Crippen molar-refractivity contribution in [2.75, 3.05) is 5.33 Å². The zero-order valence-corrected chi connectivity index (χ0v) is 9.78. The molecule has 0 saturated carbocycles. The smallest absolute Gasteiger partial charge is 0.270 e. The number of alkyl halides is 1. The maximum Gasteiger partial charge on any atom is 0.270 e. The molecule has 1 aromatic rings. The molecule has 15 heavy (non-hydrogen) atoms. The van der Waals surface area contributed by atoms with E-state index < -0.39 is 4.92 Å². The van der Waals surface area contributed by atoms with Gasteiger partial charge in [-0.1, -0.05) is 15.9 Å². The molecule has 0 fully saturated rings. The van der Waals surface area contributed by atoms with Crippen molar-refractivity contribution in [2.45, 2.75) is 13.3 Å². The van der Waals surface area contributed by atoms with Crippen molar-refractivity contribution < 1.29 is 9.72 Å². The van der Waals surface area contributed by atoms with Crippen LogP contribution in [0.1, 0.15) is 22.3 Å². The van der Waals surface area contributed by atoms with Crippen LogP contribution in [0.2, 0.25) is 0 Å². The number of Topliss-reactive ketones (excluding diaryl/α,β-unsaturated/α-hetero) is 1. The van der Waals surface area contributed by atoms with E-state index in [9.17, 15) is 14.9 Å². The maximum absolute atomic E-state index is 11.5. The number of nitrogens with zero attached hydrogens (tertiary/aromatic N) is 1. The third-order valence-electron chi connectivity index (χ3n) is 1.92. The van der Waals surface area contributed by atoms with E-state index in [1.54, 1.807) is 13.0 Å². The standard InChI is InChI=1S/C10H10BrNO3/c1-7-4-8(10(13)2-3-11)6-9(5-7)12(14)15/h4-6H,2-3H2,1H3. The Balaban J connectivity index is 3.09. The minimum atomic E-state index is -0.488. The molecule has 0 aliphatic rings. The first-order valence-electron chi connectivity index (χ1n) is 4.40. The van der Waals surface area contributed by atoms with E-state index in [-0.39, 0.29) is 11.5 Å². The molecule has 0 bridgehead atoms. The highest BCUT2D eigenvalue weighted by molar-refractivity contribution is 9.09. The van der Waals surface area contributed by atoms with Crippen LogP contribution in [0, 0.1) is 17.0 Å². The number of nitro groups is 1. The minimum Gasteiger partial charge on any atom is -0.294 e. The van der Waals surface area contributed by atoms with Gasteiger partial charge in [-0.3, -0.25) is 14.9 Å². The average molecular weight is 272 g/mol. The number of hydrogen-bond acceptors (Lipinski definition) is 3. The van der Waals surface area contributed by atoms with Gasteiger partial charge in [0.1, 0.15) is 0 Å². The molecule has 0 amide bonds. The van der Waals surface area contributed by atoms with E-state index in [4.69, 9.17) is 0 Å². The fourth-order valence-electron chi connectivity index (χ4n) is 1.26. The Morgan fingerprint density at radius 3 is 2.67 bits per heavy atom. The van der Waals surface area contributed by atoms with Crippen molar-refractivity contribution in [1.82, 2.24) is 0 Å². The number of ketones is 1. The van der Waals surface area contributed by atoms with Gasteiger partial charge < -0.3 is 0 Å². The highest BCUT2D eigenvalue weighted by Gasteiger charge is 2.12. The second-order valence-corrected chi connectivity index (χ2v) is 3.97. The summed E-state index contributed by atoms with van der Waals surface area (Å²) in [5.41, 5.74) is 1.09. The van der Waals surface area contributed by atoms with Gasteiger partial charge in [0.05, 0.1) is 4.92 Å². The summed E-state index contributed by atoms with van der Waals surface area (Å²) >= 11 is 3.16. The van der Waals surface area contributed by atoms with Gasteiger partial charge in [0.25, 0.3) is 5.69 Å². The van der Waals surface area contributed by atoms with Gasteiger partial charge in [-0.05, 0) is 18.6 Å². The van der Waals surface area contributed by atoms with E-state index in [1.807, 2.05) is 0 Å². The predicted octanol–water partition coefficient (Wildman–Crippen LogP) is 2.87. The Labute approximate surface area is 95.6 Å². The fourth-order valence-corrected chi connectivity index (χ4v) is 1.62. The Morgan fingerprint density at radius 2 is 2.13 bits per heavy atom. The molecule has 0 saturated heterocycles. The van der Waals surface area contributed by atoms with Crippen LogP contribution >= 0.6 is 15.9 Å². The largest absolute Gasteiger partial charge is 0.294 e. The second kappa shape index (κ2) is 5.02. The topological polar surface area (TPSA) is 60.2 Å². The summed E-state index contributed by atoms with van der Waals surface area (Å²) < 4.78 is 0.